The number of halogens is 3. The molecule has 3 aromatic heterocycles. The number of rotatable bonds is 3. The van der Waals surface area contributed by atoms with Crippen molar-refractivity contribution in [3.63, 3.8) is 0 Å². The quantitative estimate of drug-likeness (QED) is 0.581. The number of nitrogens with zero attached hydrogens (tertiary/aromatic N) is 4. The molecule has 0 radical (unpaired) electrons. The van der Waals surface area contributed by atoms with Crippen LogP contribution in [0.25, 0.3) is 5.52 Å². The number of carbonyl (C=O) groups excluding carboxylic acids is 1. The second-order valence-corrected chi connectivity index (χ2v) is 7.19. The van der Waals surface area contributed by atoms with Gasteiger partial charge in [0.2, 0.25) is 0 Å². The monoisotopic (exact) mass is 436 g/mol. The average molecular weight is 436 g/mol. The zero-order chi connectivity index (χ0) is 22.2. The molecule has 4 heterocycles. The van der Waals surface area contributed by atoms with E-state index in [1.807, 2.05) is 28.8 Å². The van der Waals surface area contributed by atoms with Crippen LogP contribution >= 0.6 is 0 Å². The maximum Gasteiger partial charge on any atom is 0.490 e. The lowest BCUT2D eigenvalue weighted by atomic mass is 10.3. The van der Waals surface area contributed by atoms with Crippen molar-refractivity contribution in [1.29, 1.82) is 0 Å². The highest BCUT2D eigenvalue weighted by atomic mass is 19.4. The summed E-state index contributed by atoms with van der Waals surface area (Å²) in [4.78, 5) is 30.7. The number of nitrogens with one attached hydrogen (secondary N) is 2. The number of aliphatic carboxylic acids is 1. The number of hydrogen-bond acceptors (Lipinski definition) is 5. The highest BCUT2D eigenvalue weighted by Crippen LogP contribution is 2.40. The number of aromatic nitrogens is 4. The summed E-state index contributed by atoms with van der Waals surface area (Å²) in [5, 5.41) is 13.4. The van der Waals surface area contributed by atoms with Gasteiger partial charge in [0.05, 0.1) is 18.3 Å². The smallest absolute Gasteiger partial charge is 0.475 e. The van der Waals surface area contributed by atoms with Gasteiger partial charge in [-0.15, -0.1) is 0 Å². The molecule has 0 saturated heterocycles. The number of carbonyl (C=O) groups is 2. The van der Waals surface area contributed by atoms with Crippen LogP contribution in [-0.2, 0) is 17.9 Å². The zero-order valence-corrected chi connectivity index (χ0v) is 16.2. The first-order chi connectivity index (χ1) is 14.8. The predicted molar refractivity (Wildman–Crippen MR) is 103 cm³/mol. The Morgan fingerprint density at radius 3 is 2.68 bits per heavy atom. The summed E-state index contributed by atoms with van der Waals surface area (Å²) in [6.45, 7) is 2.42. The summed E-state index contributed by atoms with van der Waals surface area (Å²) < 4.78 is 35.8. The summed E-state index contributed by atoms with van der Waals surface area (Å²) in [5.74, 6) is 0.233. The van der Waals surface area contributed by atoms with E-state index in [-0.39, 0.29) is 5.91 Å². The van der Waals surface area contributed by atoms with E-state index in [9.17, 15) is 18.0 Å². The van der Waals surface area contributed by atoms with Crippen LogP contribution in [0.4, 0.5) is 19.0 Å². The third kappa shape index (κ3) is 4.38. The van der Waals surface area contributed by atoms with Crippen LogP contribution in [0.15, 0.2) is 30.6 Å². The van der Waals surface area contributed by atoms with Gasteiger partial charge in [0.15, 0.2) is 5.69 Å². The van der Waals surface area contributed by atoms with Crippen molar-refractivity contribution < 1.29 is 27.9 Å². The van der Waals surface area contributed by atoms with E-state index in [2.05, 4.69) is 25.2 Å². The molecule has 9 nitrogen and oxygen atoms in total. The fourth-order valence-electron chi connectivity index (χ4n) is 3.33. The molecule has 0 unspecified atom stereocenters. The van der Waals surface area contributed by atoms with Crippen LogP contribution in [0.2, 0.25) is 0 Å². The normalized spacial score (nSPS) is 15.7. The van der Waals surface area contributed by atoms with Crippen molar-refractivity contribution in [3.05, 3.63) is 47.9 Å². The third-order valence-electron chi connectivity index (χ3n) is 4.95. The molecule has 0 atom stereocenters. The molecule has 3 N–H and O–H groups in total. The Labute approximate surface area is 173 Å². The average Bonchev–Trinajstić information content (AvgIpc) is 3.39. The zero-order valence-electron chi connectivity index (χ0n) is 16.2. The van der Waals surface area contributed by atoms with Crippen molar-refractivity contribution in [2.24, 2.45) is 0 Å². The van der Waals surface area contributed by atoms with E-state index in [1.54, 1.807) is 6.20 Å². The fourth-order valence-corrected chi connectivity index (χ4v) is 3.33. The first-order valence-electron chi connectivity index (χ1n) is 9.59. The van der Waals surface area contributed by atoms with Crippen molar-refractivity contribution in [1.82, 2.24) is 24.3 Å². The van der Waals surface area contributed by atoms with E-state index in [4.69, 9.17) is 9.90 Å². The molecule has 5 rings (SSSR count). The Morgan fingerprint density at radius 2 is 2.00 bits per heavy atom. The molecule has 164 valence electrons. The van der Waals surface area contributed by atoms with Crippen molar-refractivity contribution >= 4 is 23.2 Å². The Morgan fingerprint density at radius 1 is 1.26 bits per heavy atom. The Balaban J connectivity index is 0.000000289. The van der Waals surface area contributed by atoms with Crippen molar-refractivity contribution in [3.8, 4) is 0 Å². The van der Waals surface area contributed by atoms with Crippen molar-refractivity contribution in [2.75, 3.05) is 11.9 Å². The summed E-state index contributed by atoms with van der Waals surface area (Å²) in [7, 11) is 0. The first-order valence-corrected chi connectivity index (χ1v) is 9.59. The number of fused-ring (bicyclic) bond motifs is 2. The molecule has 12 heteroatoms. The van der Waals surface area contributed by atoms with Crippen LogP contribution in [-0.4, -0.2) is 48.6 Å². The second-order valence-electron chi connectivity index (χ2n) is 7.19. The topological polar surface area (TPSA) is 114 Å². The van der Waals surface area contributed by atoms with Gasteiger partial charge in [-0.05, 0) is 25.0 Å². The van der Waals surface area contributed by atoms with Crippen LogP contribution in [0.3, 0.4) is 0 Å². The molecule has 0 aromatic carbocycles. The maximum absolute atomic E-state index is 12.8. The number of carboxylic acid groups (broad SMARTS) is 1. The van der Waals surface area contributed by atoms with Gasteiger partial charge in [-0.25, -0.2) is 14.8 Å². The largest absolute Gasteiger partial charge is 0.490 e. The van der Waals surface area contributed by atoms with Gasteiger partial charge in [-0.2, -0.15) is 13.2 Å². The van der Waals surface area contributed by atoms with Crippen LogP contribution < -0.4 is 10.6 Å². The van der Waals surface area contributed by atoms with Gasteiger partial charge in [0, 0.05) is 25.2 Å². The van der Waals surface area contributed by atoms with Gasteiger partial charge in [-0.1, -0.05) is 6.07 Å². The number of hydrogen-bond donors (Lipinski definition) is 3. The second kappa shape index (κ2) is 8.02. The standard InChI is InChI=1S/C17H18N6O.C2HF3O2/c24-17(20-14-10-19-13-9-18-6-8-23(13)14)15-12-3-1-2-7-22(12)16(21-15)11-4-5-11;3-2(4,5)1(6)7/h1-3,7,10-11,18H,4-6,8-9H2,(H,20,24);(H,6,7). The Hall–Kier alpha value is -3.41. The lowest BCUT2D eigenvalue weighted by Crippen LogP contribution is -2.29. The SMILES string of the molecule is O=C(Nc1cnc2n1CCNC2)c1nc(C2CC2)n2ccccc12.O=C(O)C(F)(F)F. The molecule has 1 amide bonds. The predicted octanol–water partition coefficient (Wildman–Crippen LogP) is 2.40. The van der Waals surface area contributed by atoms with Crippen LogP contribution in [0, 0.1) is 0 Å². The van der Waals surface area contributed by atoms with Gasteiger partial charge in [-0.3, -0.25) is 4.79 Å². The highest BCUT2D eigenvalue weighted by molar-refractivity contribution is 6.07. The molecule has 1 saturated carbocycles. The van der Waals surface area contributed by atoms with Gasteiger partial charge < -0.3 is 24.7 Å². The van der Waals surface area contributed by atoms with Crippen molar-refractivity contribution in [2.45, 2.75) is 38.0 Å². The Kier molecular flexibility index (Phi) is 5.39. The maximum atomic E-state index is 12.8. The minimum Gasteiger partial charge on any atom is -0.475 e. The first kappa shape index (κ1) is 20.8. The minimum atomic E-state index is -5.08. The number of alkyl halides is 3. The third-order valence-corrected chi connectivity index (χ3v) is 4.95. The van der Waals surface area contributed by atoms with Crippen LogP contribution in [0.1, 0.15) is 40.9 Å². The molecule has 1 fully saturated rings. The molecule has 3 aromatic rings. The number of amides is 1. The summed E-state index contributed by atoms with van der Waals surface area (Å²) in [6.07, 6.45) is 0.926. The van der Waals surface area contributed by atoms with Gasteiger partial charge in [0.25, 0.3) is 5.91 Å². The van der Waals surface area contributed by atoms with Gasteiger partial charge >= 0.3 is 12.1 Å². The fraction of sp³-hybridized carbons (Fsp3) is 0.368. The Bertz CT molecular complexity index is 1130. The molecule has 31 heavy (non-hydrogen) atoms. The molecule has 0 spiro atoms. The molecule has 1 aliphatic carbocycles. The number of carboxylic acids is 1. The number of anilines is 1. The summed E-state index contributed by atoms with van der Waals surface area (Å²) in [6, 6.07) is 5.86. The number of pyridine rings is 1. The summed E-state index contributed by atoms with van der Waals surface area (Å²) in [5.41, 5.74) is 1.35. The lowest BCUT2D eigenvalue weighted by molar-refractivity contribution is -0.192. The van der Waals surface area contributed by atoms with E-state index in [1.165, 1.54) is 0 Å². The molecular weight excluding hydrogens is 417 g/mol. The van der Waals surface area contributed by atoms with E-state index in [0.717, 1.165) is 55.5 Å². The van der Waals surface area contributed by atoms with E-state index >= 15 is 0 Å². The van der Waals surface area contributed by atoms with E-state index < -0.39 is 12.1 Å². The van der Waals surface area contributed by atoms with Gasteiger partial charge in [0.1, 0.15) is 17.5 Å². The molecule has 1 aliphatic heterocycles. The molecule has 0 bridgehead atoms. The molecular formula is C19H19F3N6O3. The highest BCUT2D eigenvalue weighted by Gasteiger charge is 2.38. The lowest BCUT2D eigenvalue weighted by Gasteiger charge is -2.17. The molecule has 2 aliphatic rings. The summed E-state index contributed by atoms with van der Waals surface area (Å²) >= 11 is 0. The van der Waals surface area contributed by atoms with E-state index in [0.29, 0.717) is 11.6 Å². The minimum absolute atomic E-state index is 0.174. The number of imidazole rings is 2. The van der Waals surface area contributed by atoms with Crippen LogP contribution in [0.5, 0.6) is 0 Å².